The van der Waals surface area contributed by atoms with E-state index in [2.05, 4.69) is 32.8 Å². The van der Waals surface area contributed by atoms with Gasteiger partial charge in [0.15, 0.2) is 5.96 Å². The van der Waals surface area contributed by atoms with E-state index in [0.29, 0.717) is 5.56 Å². The highest BCUT2D eigenvalue weighted by atomic mass is 32.1. The number of thiol groups is 1. The normalized spacial score (nSPS) is 13.8. The smallest absolute Gasteiger partial charge is 0.480 e. The molecule has 0 spiro atoms. The van der Waals surface area contributed by atoms with Gasteiger partial charge in [0.1, 0.15) is 17.8 Å². The molecule has 0 aromatic heterocycles. The van der Waals surface area contributed by atoms with Gasteiger partial charge in [-0.2, -0.15) is 12.6 Å². The van der Waals surface area contributed by atoms with Crippen LogP contribution >= 0.6 is 20.5 Å². The van der Waals surface area contributed by atoms with Gasteiger partial charge in [-0.15, -0.1) is 0 Å². The van der Waals surface area contributed by atoms with Crippen molar-refractivity contribution in [1.29, 1.82) is 0 Å². The number of carbonyl (C=O) groups excluding carboxylic acids is 2. The molecule has 1 aromatic carbocycles. The summed E-state index contributed by atoms with van der Waals surface area (Å²) in [4.78, 5) is 58.2. The Morgan fingerprint density at radius 1 is 1.09 bits per heavy atom. The molecule has 0 fully saturated rings. The fourth-order valence-corrected chi connectivity index (χ4v) is 3.23. The monoisotopic (exact) mass is 520 g/mol. The van der Waals surface area contributed by atoms with Gasteiger partial charge in [-0.1, -0.05) is 12.1 Å². The molecule has 34 heavy (non-hydrogen) atoms. The third kappa shape index (κ3) is 11.3. The summed E-state index contributed by atoms with van der Waals surface area (Å²) in [6.45, 7) is 0.169. The van der Waals surface area contributed by atoms with E-state index in [1.807, 2.05) is 0 Å². The van der Waals surface area contributed by atoms with Gasteiger partial charge in [-0.05, 0) is 30.5 Å². The molecule has 0 saturated heterocycles. The largest absolute Gasteiger partial charge is 0.524 e. The maximum atomic E-state index is 12.9. The molecule has 190 valence electrons. The molecular weight excluding hydrogens is 491 g/mol. The summed E-state index contributed by atoms with van der Waals surface area (Å²) in [5.41, 5.74) is 16.6. The second-order valence-corrected chi connectivity index (χ2v) is 8.66. The standard InChI is InChI=1S/C18H29N6O8PS/c19-12(9-34)15(25)24-14(8-10-3-5-11(6-4-10)32-33(29,30)31)16(26)23-13(17(27)28)2-1-7-22-18(20)21/h3-6,12-14,34H,1-2,7-9,19H2,(H,23,26)(H,24,25)(H,27,28)(H4,20,21,22)(H2,29,30,31)/t12-,13-,14-/m0/s1. The molecular formula is C18H29N6O8PS. The summed E-state index contributed by atoms with van der Waals surface area (Å²) in [6, 6.07) is 1.93. The Morgan fingerprint density at radius 2 is 1.68 bits per heavy atom. The second kappa shape index (κ2) is 13.8. The van der Waals surface area contributed by atoms with Crippen LogP contribution in [0.1, 0.15) is 18.4 Å². The molecule has 0 bridgehead atoms. The van der Waals surface area contributed by atoms with Crippen LogP contribution in [0.15, 0.2) is 29.3 Å². The number of nitrogens with two attached hydrogens (primary N) is 3. The topological polar surface area (TPSA) is 253 Å². The molecule has 0 radical (unpaired) electrons. The first-order chi connectivity index (χ1) is 15.8. The van der Waals surface area contributed by atoms with E-state index in [-0.39, 0.29) is 43.3 Å². The van der Waals surface area contributed by atoms with E-state index < -0.39 is 43.7 Å². The van der Waals surface area contributed by atoms with Gasteiger partial charge in [0.25, 0.3) is 0 Å². The minimum Gasteiger partial charge on any atom is -0.480 e. The Morgan fingerprint density at radius 3 is 2.18 bits per heavy atom. The van der Waals surface area contributed by atoms with Gasteiger partial charge in [0.05, 0.1) is 6.04 Å². The van der Waals surface area contributed by atoms with Crippen LogP contribution in [0.3, 0.4) is 0 Å². The van der Waals surface area contributed by atoms with Crippen LogP contribution in [0.5, 0.6) is 5.75 Å². The van der Waals surface area contributed by atoms with Gasteiger partial charge < -0.3 is 37.5 Å². The molecule has 0 aliphatic carbocycles. The van der Waals surface area contributed by atoms with E-state index >= 15 is 0 Å². The number of hydrogen-bond donors (Lipinski definition) is 9. The van der Waals surface area contributed by atoms with Crippen molar-refractivity contribution in [1.82, 2.24) is 10.6 Å². The van der Waals surface area contributed by atoms with Crippen LogP contribution in [0, 0.1) is 0 Å². The lowest BCUT2D eigenvalue weighted by Crippen LogP contribution is -2.55. The molecule has 16 heteroatoms. The SMILES string of the molecule is NC(N)=NCCC[C@H](NC(=O)[C@H](Cc1ccc(OP(=O)(O)O)cc1)NC(=O)[C@@H](N)CS)C(=O)O. The first-order valence-corrected chi connectivity index (χ1v) is 12.1. The van der Waals surface area contributed by atoms with E-state index in [1.165, 1.54) is 24.3 Å². The lowest BCUT2D eigenvalue weighted by atomic mass is 10.0. The van der Waals surface area contributed by atoms with Crippen LogP contribution < -0.4 is 32.4 Å². The van der Waals surface area contributed by atoms with E-state index in [9.17, 15) is 24.1 Å². The van der Waals surface area contributed by atoms with Gasteiger partial charge >= 0.3 is 13.8 Å². The first kappa shape index (κ1) is 29.2. The quantitative estimate of drug-likeness (QED) is 0.0429. The highest BCUT2D eigenvalue weighted by molar-refractivity contribution is 7.80. The van der Waals surface area contributed by atoms with E-state index in [1.54, 1.807) is 0 Å². The zero-order valence-electron chi connectivity index (χ0n) is 18.0. The summed E-state index contributed by atoms with van der Waals surface area (Å²) >= 11 is 3.95. The molecule has 2 amide bonds. The number of phosphoric ester groups is 1. The maximum Gasteiger partial charge on any atom is 0.524 e. The molecule has 0 aliphatic heterocycles. The van der Waals surface area contributed by atoms with Crippen molar-refractivity contribution >= 4 is 44.2 Å². The van der Waals surface area contributed by atoms with Crippen molar-refractivity contribution in [3.63, 3.8) is 0 Å². The summed E-state index contributed by atoms with van der Waals surface area (Å²) in [7, 11) is -4.74. The van der Waals surface area contributed by atoms with Crippen LogP contribution in [0.2, 0.25) is 0 Å². The Bertz CT molecular complexity index is 922. The van der Waals surface area contributed by atoms with Gasteiger partial charge in [-0.25, -0.2) is 9.36 Å². The lowest BCUT2D eigenvalue weighted by molar-refractivity contribution is -0.142. The Balaban J connectivity index is 2.97. The van der Waals surface area contributed by atoms with Gasteiger partial charge in [0.2, 0.25) is 11.8 Å². The predicted octanol–water partition coefficient (Wildman–Crippen LogP) is -1.93. The zero-order chi connectivity index (χ0) is 25.9. The fraction of sp³-hybridized carbons (Fsp3) is 0.444. The number of nitrogens with one attached hydrogen (secondary N) is 2. The molecule has 11 N–H and O–H groups in total. The fourth-order valence-electron chi connectivity index (χ4n) is 2.66. The molecule has 0 heterocycles. The number of carbonyl (C=O) groups is 3. The summed E-state index contributed by atoms with van der Waals surface area (Å²) in [5, 5.41) is 14.3. The minimum absolute atomic E-state index is 0.0110. The number of hydrogen-bond acceptors (Lipinski definition) is 8. The van der Waals surface area contributed by atoms with Crippen LogP contribution in [0.4, 0.5) is 0 Å². The van der Waals surface area contributed by atoms with Crippen molar-refractivity contribution in [3.05, 3.63) is 29.8 Å². The number of benzene rings is 1. The maximum absolute atomic E-state index is 12.9. The molecule has 3 atom stereocenters. The van der Waals surface area contributed by atoms with Crippen molar-refractivity contribution < 1.29 is 38.4 Å². The zero-order valence-corrected chi connectivity index (χ0v) is 19.8. The number of carboxylic acid groups (broad SMARTS) is 1. The highest BCUT2D eigenvalue weighted by Crippen LogP contribution is 2.37. The van der Waals surface area contributed by atoms with Crippen LogP contribution in [0.25, 0.3) is 0 Å². The number of aliphatic imine (C=N–C) groups is 1. The minimum atomic E-state index is -4.74. The summed E-state index contributed by atoms with van der Waals surface area (Å²) in [5.74, 6) is -2.96. The average Bonchev–Trinajstić information content (AvgIpc) is 2.74. The Hall–Kier alpha value is -2.84. The molecule has 14 nitrogen and oxygen atoms in total. The third-order valence-corrected chi connectivity index (χ3v) is 5.16. The van der Waals surface area contributed by atoms with Crippen LogP contribution in [-0.2, 0) is 25.4 Å². The second-order valence-electron chi connectivity index (χ2n) is 7.13. The van der Waals surface area contributed by atoms with Crippen molar-refractivity contribution in [2.45, 2.75) is 37.4 Å². The predicted molar refractivity (Wildman–Crippen MR) is 126 cm³/mol. The Kier molecular flexibility index (Phi) is 11.8. The Labute approximate surface area is 201 Å². The third-order valence-electron chi connectivity index (χ3n) is 4.31. The number of amides is 2. The highest BCUT2D eigenvalue weighted by Gasteiger charge is 2.28. The van der Waals surface area contributed by atoms with Crippen molar-refractivity contribution in [2.24, 2.45) is 22.2 Å². The number of nitrogens with zero attached hydrogens (tertiary/aromatic N) is 1. The number of carboxylic acids is 1. The van der Waals surface area contributed by atoms with Gasteiger partial charge in [0, 0.05) is 18.7 Å². The number of guanidine groups is 1. The van der Waals surface area contributed by atoms with Gasteiger partial charge in [-0.3, -0.25) is 24.4 Å². The van der Waals surface area contributed by atoms with E-state index in [4.69, 9.17) is 27.0 Å². The molecule has 0 aliphatic rings. The van der Waals surface area contributed by atoms with Crippen molar-refractivity contribution in [3.8, 4) is 5.75 Å². The molecule has 0 unspecified atom stereocenters. The molecule has 1 aromatic rings. The first-order valence-electron chi connectivity index (χ1n) is 9.92. The summed E-state index contributed by atoms with van der Waals surface area (Å²) in [6.07, 6.45) is 0.230. The lowest BCUT2D eigenvalue weighted by Gasteiger charge is -2.23. The van der Waals surface area contributed by atoms with Crippen LogP contribution in [-0.4, -0.2) is 69.1 Å². The number of rotatable bonds is 14. The number of aliphatic carboxylic acids is 1. The average molecular weight is 521 g/mol. The van der Waals surface area contributed by atoms with Crippen molar-refractivity contribution in [2.75, 3.05) is 12.3 Å². The number of phosphoric acid groups is 1. The molecule has 0 saturated carbocycles. The molecule has 1 rings (SSSR count). The summed E-state index contributed by atoms with van der Waals surface area (Å²) < 4.78 is 15.4. The van der Waals surface area contributed by atoms with E-state index in [0.717, 1.165) is 0 Å².